The van der Waals surface area contributed by atoms with Crippen molar-refractivity contribution in [3.05, 3.63) is 47.5 Å². The summed E-state index contributed by atoms with van der Waals surface area (Å²) in [7, 11) is 1.66. The molecule has 9 atom stereocenters. The second-order valence-electron chi connectivity index (χ2n) is 21.0. The number of hydrogen-bond acceptors (Lipinski definition) is 13. The average Bonchev–Trinajstić information content (AvgIpc) is 4.22. The van der Waals surface area contributed by atoms with Gasteiger partial charge in [-0.3, -0.25) is 24.0 Å². The first kappa shape index (κ1) is 57.4. The predicted octanol–water partition coefficient (Wildman–Crippen LogP) is 6.48. The number of alkyl carbamates (subject to hydrolysis) is 1. The average molecular weight is 968 g/mol. The van der Waals surface area contributed by atoms with E-state index in [0.29, 0.717) is 38.8 Å². The van der Waals surface area contributed by atoms with Gasteiger partial charge in [0.15, 0.2) is 5.78 Å². The third-order valence-electron chi connectivity index (χ3n) is 13.8. The first-order valence-electron chi connectivity index (χ1n) is 25.5. The van der Waals surface area contributed by atoms with E-state index in [1.54, 1.807) is 21.0 Å². The molecule has 2 saturated heterocycles. The third kappa shape index (κ3) is 18.8. The van der Waals surface area contributed by atoms with Gasteiger partial charge in [0.05, 0.1) is 44.7 Å². The topological polar surface area (TPSA) is 215 Å². The maximum Gasteiger partial charge on any atom is 0.407 e. The smallest absolute Gasteiger partial charge is 0.407 e. The zero-order chi connectivity index (χ0) is 50.7. The number of hydrogen-bond donors (Lipinski definition) is 5. The van der Waals surface area contributed by atoms with Crippen LogP contribution in [0.15, 0.2) is 42.0 Å². The Hall–Kier alpha value is -4.22. The molecule has 2 aliphatic heterocycles. The molecule has 388 valence electrons. The van der Waals surface area contributed by atoms with Gasteiger partial charge in [0.1, 0.15) is 41.3 Å². The maximum absolute atomic E-state index is 13.5. The molecule has 16 nitrogen and oxygen atoms in total. The summed E-state index contributed by atoms with van der Waals surface area (Å²) in [6.07, 6.45) is 8.49. The van der Waals surface area contributed by atoms with Crippen LogP contribution in [-0.2, 0) is 54.1 Å². The van der Waals surface area contributed by atoms with Crippen molar-refractivity contribution in [2.24, 2.45) is 29.6 Å². The van der Waals surface area contributed by atoms with E-state index >= 15 is 0 Å². The van der Waals surface area contributed by atoms with Gasteiger partial charge in [-0.25, -0.2) is 15.6 Å². The molecule has 5 N–H and O–H groups in total. The number of rotatable bonds is 32. The summed E-state index contributed by atoms with van der Waals surface area (Å²) in [5, 5.41) is 8.37. The molecule has 1 aliphatic carbocycles. The number of unbranched alkanes of at least 4 members (excludes halogenated alkanes) is 4. The van der Waals surface area contributed by atoms with Crippen molar-refractivity contribution in [2.75, 3.05) is 40.0 Å². The van der Waals surface area contributed by atoms with Crippen molar-refractivity contribution in [1.82, 2.24) is 26.8 Å². The lowest BCUT2D eigenvalue weighted by Gasteiger charge is -2.42. The fraction of sp³-hybridized carbons (Fsp3) is 0.736. The highest BCUT2D eigenvalue weighted by Crippen LogP contribution is 2.59. The molecule has 2 heterocycles. The van der Waals surface area contributed by atoms with Crippen molar-refractivity contribution in [2.45, 2.75) is 181 Å². The van der Waals surface area contributed by atoms with Crippen LogP contribution in [0.4, 0.5) is 4.79 Å². The van der Waals surface area contributed by atoms with E-state index in [1.807, 2.05) is 58.0 Å². The van der Waals surface area contributed by atoms with Gasteiger partial charge in [0.2, 0.25) is 11.8 Å². The molecule has 4 rings (SSSR count). The first-order valence-corrected chi connectivity index (χ1v) is 25.5. The molecule has 16 heteroatoms. The molecule has 69 heavy (non-hydrogen) atoms. The summed E-state index contributed by atoms with van der Waals surface area (Å²) in [4.78, 5) is 77.6. The Labute approximate surface area is 411 Å². The molecule has 1 spiro atoms. The van der Waals surface area contributed by atoms with Crippen LogP contribution in [-0.4, -0.2) is 117 Å². The summed E-state index contributed by atoms with van der Waals surface area (Å²) in [5.74, 6) is -1.54. The number of carbonyl (C=O) groups is 6. The Bertz CT molecular complexity index is 1850. The van der Waals surface area contributed by atoms with E-state index in [1.165, 1.54) is 5.57 Å². The number of methoxy groups -OCH3 is 1. The quantitative estimate of drug-likeness (QED) is 0.0172. The van der Waals surface area contributed by atoms with Crippen molar-refractivity contribution in [3.63, 3.8) is 0 Å². The van der Waals surface area contributed by atoms with Crippen LogP contribution in [0.25, 0.3) is 0 Å². The number of allylic oxidation sites excluding steroid dienone is 1. The second-order valence-corrected chi connectivity index (χ2v) is 21.0. The van der Waals surface area contributed by atoms with Crippen LogP contribution < -0.4 is 26.8 Å². The third-order valence-corrected chi connectivity index (χ3v) is 13.8. The van der Waals surface area contributed by atoms with Crippen molar-refractivity contribution < 1.29 is 52.5 Å². The van der Waals surface area contributed by atoms with E-state index < -0.39 is 35.8 Å². The highest BCUT2D eigenvalue weighted by molar-refractivity contribution is 5.92. The van der Waals surface area contributed by atoms with Gasteiger partial charge in [-0.05, 0) is 76.7 Å². The van der Waals surface area contributed by atoms with Crippen LogP contribution in [0.2, 0.25) is 0 Å². The molecule has 1 aromatic rings. The van der Waals surface area contributed by atoms with Gasteiger partial charge < -0.3 is 39.6 Å². The van der Waals surface area contributed by atoms with Gasteiger partial charge in [-0.1, -0.05) is 103 Å². The number of Topliss-reactive ketones (excluding diaryl/α,β-unsaturated/α-hetero) is 2. The molecular formula is C53H85N5O11. The summed E-state index contributed by atoms with van der Waals surface area (Å²) in [6.45, 7) is 18.9. The number of nitrogens with one attached hydrogen (secondary N) is 5. The maximum atomic E-state index is 13.5. The number of hydrazine groups is 1. The molecule has 1 aromatic carbocycles. The highest BCUT2D eigenvalue weighted by atomic mass is 16.6. The SMILES string of the molecule is COC1C(OC(=O)C[C@@H](COC(=O)NCCCCCCCC(=O)CNN[C@@H](CC(C)C)C(=O)N[C@@H](Cc2ccccc2)C(=O)NCC(=O)C(C)C)C(C)C)CC[C@]2(CO2)C1C1(C)O[C@@H]1CC=C(C)C. The molecule has 0 aromatic heterocycles. The van der Waals surface area contributed by atoms with E-state index in [9.17, 15) is 28.8 Å². The Balaban J connectivity index is 1.09. The monoisotopic (exact) mass is 968 g/mol. The molecule has 3 amide bonds. The molecule has 3 aliphatic rings. The number of carbonyl (C=O) groups excluding carboxylic acids is 6. The molecule has 0 bridgehead atoms. The Morgan fingerprint density at radius 1 is 0.884 bits per heavy atom. The van der Waals surface area contributed by atoms with Crippen LogP contribution in [0.1, 0.15) is 139 Å². The van der Waals surface area contributed by atoms with E-state index in [4.69, 9.17) is 23.7 Å². The molecule has 3 fully saturated rings. The minimum absolute atomic E-state index is 0.00477. The fourth-order valence-corrected chi connectivity index (χ4v) is 9.29. The van der Waals surface area contributed by atoms with Gasteiger partial charge in [-0.2, -0.15) is 0 Å². The number of ether oxygens (including phenoxy) is 5. The number of epoxide rings is 2. The zero-order valence-electron chi connectivity index (χ0n) is 43.2. The van der Waals surface area contributed by atoms with E-state index in [2.05, 4.69) is 53.6 Å². The van der Waals surface area contributed by atoms with E-state index in [-0.39, 0.29) is 103 Å². The van der Waals surface area contributed by atoms with Gasteiger partial charge >= 0.3 is 12.1 Å². The molecule has 0 radical (unpaired) electrons. The number of esters is 1. The van der Waals surface area contributed by atoms with Crippen LogP contribution in [0.5, 0.6) is 0 Å². The van der Waals surface area contributed by atoms with E-state index in [0.717, 1.165) is 44.1 Å². The van der Waals surface area contributed by atoms with Crippen molar-refractivity contribution in [1.29, 1.82) is 0 Å². The van der Waals surface area contributed by atoms with Crippen LogP contribution in [0.3, 0.4) is 0 Å². The Kier molecular flexibility index (Phi) is 23.3. The van der Waals surface area contributed by atoms with Gasteiger partial charge in [0.25, 0.3) is 0 Å². The van der Waals surface area contributed by atoms with Crippen molar-refractivity contribution in [3.8, 4) is 0 Å². The molecule has 1 saturated carbocycles. The summed E-state index contributed by atoms with van der Waals surface area (Å²) in [6, 6.07) is 7.75. The largest absolute Gasteiger partial charge is 0.460 e. The number of benzene rings is 1. The van der Waals surface area contributed by atoms with Gasteiger partial charge in [-0.15, -0.1) is 0 Å². The molecular weight excluding hydrogens is 883 g/mol. The lowest BCUT2D eigenvalue weighted by Crippen LogP contribution is -2.57. The minimum Gasteiger partial charge on any atom is -0.460 e. The summed E-state index contributed by atoms with van der Waals surface area (Å²) >= 11 is 0. The number of amides is 3. The summed E-state index contributed by atoms with van der Waals surface area (Å²) < 4.78 is 30.1. The zero-order valence-corrected chi connectivity index (χ0v) is 43.2. The standard InChI is InChI=1S/C53H85N5O11/c1-34(2)22-23-45-52(9,69-45)48-47(65-10)44(24-25-53(48)33-67-53)68-46(61)29-39(36(5)6)32-66-51(64)54-26-18-13-11-12-17-21-40(59)30-56-58-42(27-35(3)4)50(63)57-41(28-38-19-15-14-16-20-38)49(62)55-31-43(60)37(7)8/h14-16,19-20,22,35-37,39,41-42,44-45,47-48,56,58H,11-13,17-18,21,23-33H2,1-10H3,(H,54,64)(H,55,62)(H,57,63)/t39-,41-,42-,44?,45+,47?,48?,52?,53-/m0/s1. The Morgan fingerprint density at radius 3 is 2.22 bits per heavy atom. The van der Waals surface area contributed by atoms with Crippen LogP contribution >= 0.6 is 0 Å². The lowest BCUT2D eigenvalue weighted by molar-refractivity contribution is -0.173. The highest BCUT2D eigenvalue weighted by Gasteiger charge is 2.72. The van der Waals surface area contributed by atoms with Gasteiger partial charge in [0, 0.05) is 38.3 Å². The lowest BCUT2D eigenvalue weighted by atomic mass is 9.68. The predicted molar refractivity (Wildman–Crippen MR) is 264 cm³/mol. The second kappa shape index (κ2) is 28.0. The minimum atomic E-state index is -0.897. The van der Waals surface area contributed by atoms with Crippen molar-refractivity contribution >= 4 is 35.4 Å². The summed E-state index contributed by atoms with van der Waals surface area (Å²) in [5.41, 5.74) is 7.32. The Morgan fingerprint density at radius 2 is 1.58 bits per heavy atom. The number of ketones is 2. The fourth-order valence-electron chi connectivity index (χ4n) is 9.29. The normalized spacial score (nSPS) is 24.0. The van der Waals surface area contributed by atoms with Crippen LogP contribution in [0, 0.1) is 29.6 Å². The molecule has 4 unspecified atom stereocenters. The first-order chi connectivity index (χ1) is 32.8.